The lowest BCUT2D eigenvalue weighted by atomic mass is 9.99. The number of nitrogens with zero attached hydrogens (tertiary/aromatic N) is 1. The summed E-state index contributed by atoms with van der Waals surface area (Å²) in [5.74, 6) is 0.238. The van der Waals surface area contributed by atoms with E-state index in [0.29, 0.717) is 0 Å². The second-order valence-electron chi connectivity index (χ2n) is 6.92. The molecule has 0 bridgehead atoms. The molecule has 1 heterocycles. The molecule has 1 aromatic rings. The molecule has 1 aromatic carbocycles. The highest BCUT2D eigenvalue weighted by atomic mass is 16.2. The van der Waals surface area contributed by atoms with Gasteiger partial charge in [0.15, 0.2) is 0 Å². The summed E-state index contributed by atoms with van der Waals surface area (Å²) in [5, 5.41) is 3.35. The molecule has 1 atom stereocenters. The number of likely N-dealkylation sites (N-methyl/N-ethyl adjacent to an activating group) is 1. The second-order valence-corrected chi connectivity index (χ2v) is 6.92. The van der Waals surface area contributed by atoms with Crippen LogP contribution >= 0.6 is 0 Å². The number of likely N-dealkylation sites (tertiary alicyclic amines) is 1. The number of carbonyl (C=O) groups excluding carboxylic acids is 1. The van der Waals surface area contributed by atoms with Crippen LogP contribution in [0.4, 0.5) is 0 Å². The summed E-state index contributed by atoms with van der Waals surface area (Å²) in [6.45, 7) is 3.15. The summed E-state index contributed by atoms with van der Waals surface area (Å²) in [7, 11) is 2.07. The Balaban J connectivity index is 1.61. The number of piperidine rings is 1. The first-order chi connectivity index (χ1) is 10.1. The van der Waals surface area contributed by atoms with E-state index in [1.807, 2.05) is 0 Å². The molecular formula is C18H26N2O. The van der Waals surface area contributed by atoms with Gasteiger partial charge in [0.2, 0.25) is 5.91 Å². The average Bonchev–Trinajstić information content (AvgIpc) is 3.21. The van der Waals surface area contributed by atoms with Gasteiger partial charge < -0.3 is 5.32 Å². The van der Waals surface area contributed by atoms with Crippen LogP contribution in [0.15, 0.2) is 24.3 Å². The highest BCUT2D eigenvalue weighted by molar-refractivity contribution is 5.83. The van der Waals surface area contributed by atoms with Gasteiger partial charge in [-0.3, -0.25) is 9.69 Å². The summed E-state index contributed by atoms with van der Waals surface area (Å²) in [4.78, 5) is 14.8. The van der Waals surface area contributed by atoms with Crippen molar-refractivity contribution in [3.05, 3.63) is 35.4 Å². The van der Waals surface area contributed by atoms with Crippen LogP contribution in [0.5, 0.6) is 0 Å². The maximum atomic E-state index is 12.6. The average molecular weight is 286 g/mol. The zero-order chi connectivity index (χ0) is 14.9. The van der Waals surface area contributed by atoms with E-state index in [-0.39, 0.29) is 17.5 Å². The Morgan fingerprint density at radius 3 is 2.62 bits per heavy atom. The van der Waals surface area contributed by atoms with Gasteiger partial charge in [-0.15, -0.1) is 0 Å². The van der Waals surface area contributed by atoms with E-state index >= 15 is 0 Å². The third kappa shape index (κ3) is 3.46. The standard InChI is InChI=1S/C18H26N2O/c1-14-6-8-15(9-7-14)13-18(10-11-18)19-17(21)16-5-3-4-12-20(16)2/h6-9,16H,3-5,10-13H2,1-2H3,(H,19,21)/t16-/m0/s1. The molecule has 0 spiro atoms. The van der Waals surface area contributed by atoms with Gasteiger partial charge >= 0.3 is 0 Å². The second kappa shape index (κ2) is 5.80. The van der Waals surface area contributed by atoms with E-state index in [1.165, 1.54) is 24.0 Å². The van der Waals surface area contributed by atoms with Crippen LogP contribution in [-0.2, 0) is 11.2 Å². The van der Waals surface area contributed by atoms with Gasteiger partial charge in [0.25, 0.3) is 0 Å². The van der Waals surface area contributed by atoms with Gasteiger partial charge in [-0.2, -0.15) is 0 Å². The summed E-state index contributed by atoms with van der Waals surface area (Å²) >= 11 is 0. The van der Waals surface area contributed by atoms with Crippen LogP contribution in [-0.4, -0.2) is 36.0 Å². The molecule has 1 N–H and O–H groups in total. The number of benzene rings is 1. The molecular weight excluding hydrogens is 260 g/mol. The van der Waals surface area contributed by atoms with Gasteiger partial charge in [-0.25, -0.2) is 0 Å². The van der Waals surface area contributed by atoms with Gasteiger partial charge in [0.1, 0.15) is 0 Å². The SMILES string of the molecule is Cc1ccc(CC2(NC(=O)[C@@H]3CCCCN3C)CC2)cc1. The first-order valence-corrected chi connectivity index (χ1v) is 8.16. The van der Waals surface area contributed by atoms with E-state index in [2.05, 4.69) is 48.5 Å². The van der Waals surface area contributed by atoms with Crippen molar-refractivity contribution >= 4 is 5.91 Å². The number of hydrogen-bond donors (Lipinski definition) is 1. The van der Waals surface area contributed by atoms with Crippen molar-refractivity contribution in [2.24, 2.45) is 0 Å². The van der Waals surface area contributed by atoms with E-state index < -0.39 is 0 Å². The Bertz CT molecular complexity index is 504. The molecule has 3 heteroatoms. The zero-order valence-corrected chi connectivity index (χ0v) is 13.2. The molecule has 1 amide bonds. The van der Waals surface area contributed by atoms with E-state index in [9.17, 15) is 4.79 Å². The summed E-state index contributed by atoms with van der Waals surface area (Å²) in [5.41, 5.74) is 2.65. The van der Waals surface area contributed by atoms with Crippen molar-refractivity contribution in [2.75, 3.05) is 13.6 Å². The van der Waals surface area contributed by atoms with Crippen LogP contribution in [0.25, 0.3) is 0 Å². The lowest BCUT2D eigenvalue weighted by Crippen LogP contribution is -2.51. The fourth-order valence-electron chi connectivity index (χ4n) is 3.34. The van der Waals surface area contributed by atoms with E-state index in [0.717, 1.165) is 32.2 Å². The van der Waals surface area contributed by atoms with Gasteiger partial charge in [0.05, 0.1) is 6.04 Å². The first kappa shape index (κ1) is 14.6. The van der Waals surface area contributed by atoms with E-state index in [1.54, 1.807) is 0 Å². The lowest BCUT2D eigenvalue weighted by Gasteiger charge is -2.32. The molecule has 3 rings (SSSR count). The maximum Gasteiger partial charge on any atom is 0.237 e. The minimum absolute atomic E-state index is 0.0324. The quantitative estimate of drug-likeness (QED) is 0.923. The zero-order valence-electron chi connectivity index (χ0n) is 13.2. The Hall–Kier alpha value is -1.35. The molecule has 2 aliphatic rings. The fourth-order valence-corrected chi connectivity index (χ4v) is 3.34. The predicted molar refractivity (Wildman–Crippen MR) is 85.3 cm³/mol. The molecule has 21 heavy (non-hydrogen) atoms. The molecule has 1 saturated carbocycles. The van der Waals surface area contributed by atoms with Crippen molar-refractivity contribution in [2.45, 2.75) is 57.0 Å². The van der Waals surface area contributed by atoms with Gasteiger partial charge in [0, 0.05) is 5.54 Å². The minimum Gasteiger partial charge on any atom is -0.349 e. The summed E-state index contributed by atoms with van der Waals surface area (Å²) in [6, 6.07) is 8.77. The third-order valence-corrected chi connectivity index (χ3v) is 4.98. The van der Waals surface area contributed by atoms with Crippen molar-refractivity contribution in [1.82, 2.24) is 10.2 Å². The number of nitrogens with one attached hydrogen (secondary N) is 1. The fraction of sp³-hybridized carbons (Fsp3) is 0.611. The topological polar surface area (TPSA) is 32.3 Å². The molecule has 0 unspecified atom stereocenters. The number of aryl methyl sites for hydroxylation is 1. The Morgan fingerprint density at radius 2 is 2.00 bits per heavy atom. The molecule has 1 aliphatic heterocycles. The molecule has 1 aliphatic carbocycles. The van der Waals surface area contributed by atoms with Crippen LogP contribution in [0.3, 0.4) is 0 Å². The predicted octanol–water partition coefficient (Wildman–Crippen LogP) is 2.67. The van der Waals surface area contributed by atoms with Crippen LogP contribution < -0.4 is 5.32 Å². The smallest absolute Gasteiger partial charge is 0.237 e. The molecule has 114 valence electrons. The Morgan fingerprint density at radius 1 is 1.29 bits per heavy atom. The molecule has 1 saturated heterocycles. The molecule has 3 nitrogen and oxygen atoms in total. The van der Waals surface area contributed by atoms with Crippen molar-refractivity contribution < 1.29 is 4.79 Å². The van der Waals surface area contributed by atoms with Crippen LogP contribution in [0, 0.1) is 6.92 Å². The molecule has 0 radical (unpaired) electrons. The summed E-state index contributed by atoms with van der Waals surface area (Å²) in [6.07, 6.45) is 6.59. The highest BCUT2D eigenvalue weighted by Gasteiger charge is 2.45. The van der Waals surface area contributed by atoms with Crippen molar-refractivity contribution in [3.63, 3.8) is 0 Å². The Labute approximate surface area is 127 Å². The van der Waals surface area contributed by atoms with Crippen LogP contribution in [0.2, 0.25) is 0 Å². The van der Waals surface area contributed by atoms with E-state index in [4.69, 9.17) is 0 Å². The largest absolute Gasteiger partial charge is 0.349 e. The number of rotatable bonds is 4. The van der Waals surface area contributed by atoms with Gasteiger partial charge in [-0.1, -0.05) is 36.2 Å². The highest BCUT2D eigenvalue weighted by Crippen LogP contribution is 2.39. The number of amides is 1. The molecule has 2 fully saturated rings. The number of hydrogen-bond acceptors (Lipinski definition) is 2. The minimum atomic E-state index is 0.0324. The monoisotopic (exact) mass is 286 g/mol. The summed E-state index contributed by atoms with van der Waals surface area (Å²) < 4.78 is 0. The number of carbonyl (C=O) groups is 1. The van der Waals surface area contributed by atoms with Crippen molar-refractivity contribution in [1.29, 1.82) is 0 Å². The molecule has 0 aromatic heterocycles. The third-order valence-electron chi connectivity index (χ3n) is 4.98. The van der Waals surface area contributed by atoms with Crippen molar-refractivity contribution in [3.8, 4) is 0 Å². The maximum absolute atomic E-state index is 12.6. The normalized spacial score (nSPS) is 24.6. The first-order valence-electron chi connectivity index (χ1n) is 8.16. The Kier molecular flexibility index (Phi) is 4.03. The van der Waals surface area contributed by atoms with Gasteiger partial charge in [-0.05, 0) is 58.2 Å². The van der Waals surface area contributed by atoms with Crippen LogP contribution in [0.1, 0.15) is 43.2 Å². The lowest BCUT2D eigenvalue weighted by molar-refractivity contribution is -0.128.